The predicted molar refractivity (Wildman–Crippen MR) is 71.9 cm³/mol. The fourth-order valence-electron chi connectivity index (χ4n) is 1.51. The molecule has 4 nitrogen and oxygen atoms in total. The molecule has 18 heavy (non-hydrogen) atoms. The smallest absolute Gasteiger partial charge is 0.257 e. The molecule has 0 aliphatic heterocycles. The predicted octanol–water partition coefficient (Wildman–Crippen LogP) is 2.88. The number of hydrogen-bond donors (Lipinski definition) is 3. The number of amides is 1. The van der Waals surface area contributed by atoms with E-state index in [-0.39, 0.29) is 16.7 Å². The van der Waals surface area contributed by atoms with Gasteiger partial charge in [0, 0.05) is 11.8 Å². The average molecular weight is 263 g/mol. The third kappa shape index (κ3) is 2.55. The van der Waals surface area contributed by atoms with Gasteiger partial charge >= 0.3 is 0 Å². The number of rotatable bonds is 2. The van der Waals surface area contributed by atoms with Crippen molar-refractivity contribution in [1.82, 2.24) is 0 Å². The lowest BCUT2D eigenvalue weighted by atomic mass is 10.2. The van der Waals surface area contributed by atoms with Crippen LogP contribution in [0.15, 0.2) is 42.5 Å². The highest BCUT2D eigenvalue weighted by Gasteiger charge is 2.12. The van der Waals surface area contributed by atoms with Crippen LogP contribution in [0.25, 0.3) is 0 Å². The zero-order valence-corrected chi connectivity index (χ0v) is 10.1. The lowest BCUT2D eigenvalue weighted by Gasteiger charge is -2.08. The molecular formula is C13H11ClN2O2. The Balaban J connectivity index is 2.25. The maximum Gasteiger partial charge on any atom is 0.257 e. The lowest BCUT2D eigenvalue weighted by Crippen LogP contribution is -2.12. The summed E-state index contributed by atoms with van der Waals surface area (Å²) in [6.45, 7) is 0. The van der Waals surface area contributed by atoms with Gasteiger partial charge in [-0.2, -0.15) is 0 Å². The van der Waals surface area contributed by atoms with E-state index in [1.807, 2.05) is 0 Å². The van der Waals surface area contributed by atoms with E-state index in [2.05, 4.69) is 5.32 Å². The minimum absolute atomic E-state index is 0.0754. The van der Waals surface area contributed by atoms with Crippen LogP contribution in [0.3, 0.4) is 0 Å². The topological polar surface area (TPSA) is 75.4 Å². The number of carbonyl (C=O) groups excluding carboxylic acids is 1. The number of nitrogens with one attached hydrogen (secondary N) is 1. The second-order valence-corrected chi connectivity index (χ2v) is 4.09. The van der Waals surface area contributed by atoms with E-state index in [0.29, 0.717) is 16.9 Å². The van der Waals surface area contributed by atoms with Crippen molar-refractivity contribution in [1.29, 1.82) is 0 Å². The van der Waals surface area contributed by atoms with Gasteiger partial charge in [-0.3, -0.25) is 4.79 Å². The van der Waals surface area contributed by atoms with Crippen molar-refractivity contribution >= 4 is 28.9 Å². The molecule has 2 aromatic rings. The second kappa shape index (κ2) is 4.98. The Morgan fingerprint density at radius 2 is 1.94 bits per heavy atom. The van der Waals surface area contributed by atoms with Crippen LogP contribution in [-0.4, -0.2) is 11.0 Å². The van der Waals surface area contributed by atoms with E-state index in [0.717, 1.165) is 0 Å². The van der Waals surface area contributed by atoms with Crippen LogP contribution in [0.5, 0.6) is 5.75 Å². The molecule has 1 amide bonds. The van der Waals surface area contributed by atoms with Gasteiger partial charge in [-0.25, -0.2) is 0 Å². The minimum Gasteiger partial charge on any atom is -0.508 e. The van der Waals surface area contributed by atoms with Gasteiger partial charge in [0.2, 0.25) is 0 Å². The van der Waals surface area contributed by atoms with Gasteiger partial charge in [0.25, 0.3) is 5.91 Å². The standard InChI is InChI=1S/C13H11ClN2O2/c14-12-10(5-2-6-11(12)15)13(18)16-8-3-1-4-9(17)7-8/h1-7,17H,15H2,(H,16,18). The van der Waals surface area contributed by atoms with Crippen molar-refractivity contribution in [2.24, 2.45) is 0 Å². The van der Waals surface area contributed by atoms with Gasteiger partial charge in [-0.05, 0) is 24.3 Å². The lowest BCUT2D eigenvalue weighted by molar-refractivity contribution is 0.102. The van der Waals surface area contributed by atoms with Gasteiger partial charge in [0.1, 0.15) is 5.75 Å². The van der Waals surface area contributed by atoms with Crippen LogP contribution in [-0.2, 0) is 0 Å². The average Bonchev–Trinajstić information content (AvgIpc) is 2.32. The van der Waals surface area contributed by atoms with Gasteiger partial charge < -0.3 is 16.2 Å². The minimum atomic E-state index is -0.377. The first-order valence-electron chi connectivity index (χ1n) is 5.22. The van der Waals surface area contributed by atoms with Crippen LogP contribution < -0.4 is 11.1 Å². The summed E-state index contributed by atoms with van der Waals surface area (Å²) in [6.07, 6.45) is 0. The number of phenols is 1. The molecule has 4 N–H and O–H groups in total. The number of phenolic OH excluding ortho intramolecular Hbond substituents is 1. The summed E-state index contributed by atoms with van der Waals surface area (Å²) in [6, 6.07) is 11.1. The van der Waals surface area contributed by atoms with Gasteiger partial charge in [0.15, 0.2) is 0 Å². The molecule has 0 bridgehead atoms. The molecule has 0 saturated heterocycles. The molecule has 0 aromatic heterocycles. The van der Waals surface area contributed by atoms with Gasteiger partial charge in [-0.1, -0.05) is 23.7 Å². The first kappa shape index (κ1) is 12.3. The number of nitrogens with two attached hydrogens (primary N) is 1. The molecule has 5 heteroatoms. The Hall–Kier alpha value is -2.20. The quantitative estimate of drug-likeness (QED) is 0.729. The molecule has 92 valence electrons. The van der Waals surface area contributed by atoms with Crippen molar-refractivity contribution in [3.63, 3.8) is 0 Å². The first-order chi connectivity index (χ1) is 8.58. The van der Waals surface area contributed by atoms with Gasteiger partial charge in [-0.15, -0.1) is 0 Å². The Morgan fingerprint density at radius 1 is 1.22 bits per heavy atom. The second-order valence-electron chi connectivity index (χ2n) is 3.71. The Kier molecular flexibility index (Phi) is 3.39. The summed E-state index contributed by atoms with van der Waals surface area (Å²) >= 11 is 5.95. The summed E-state index contributed by atoms with van der Waals surface area (Å²) < 4.78 is 0. The van der Waals surface area contributed by atoms with Crippen molar-refractivity contribution in [3.05, 3.63) is 53.1 Å². The number of halogens is 1. The van der Waals surface area contributed by atoms with E-state index in [1.54, 1.807) is 30.3 Å². The SMILES string of the molecule is Nc1cccc(C(=O)Nc2cccc(O)c2)c1Cl. The fraction of sp³-hybridized carbons (Fsp3) is 0. The number of anilines is 2. The summed E-state index contributed by atoms with van der Waals surface area (Å²) in [5, 5.41) is 12.1. The van der Waals surface area contributed by atoms with Crippen LogP contribution in [0, 0.1) is 0 Å². The van der Waals surface area contributed by atoms with E-state index >= 15 is 0 Å². The molecule has 0 radical (unpaired) electrons. The maximum absolute atomic E-state index is 12.0. The molecule has 0 heterocycles. The highest BCUT2D eigenvalue weighted by Crippen LogP contribution is 2.24. The van der Waals surface area contributed by atoms with Crippen LogP contribution >= 0.6 is 11.6 Å². The van der Waals surface area contributed by atoms with E-state index < -0.39 is 0 Å². The van der Waals surface area contributed by atoms with Crippen molar-refractivity contribution in [3.8, 4) is 5.75 Å². The molecule has 2 rings (SSSR count). The summed E-state index contributed by atoms with van der Waals surface area (Å²) in [4.78, 5) is 12.0. The maximum atomic E-state index is 12.0. The number of hydrogen-bond acceptors (Lipinski definition) is 3. The third-order valence-corrected chi connectivity index (χ3v) is 2.80. The zero-order chi connectivity index (χ0) is 13.1. The van der Waals surface area contributed by atoms with Crippen LogP contribution in [0.1, 0.15) is 10.4 Å². The van der Waals surface area contributed by atoms with Crippen molar-refractivity contribution in [2.75, 3.05) is 11.1 Å². The largest absolute Gasteiger partial charge is 0.508 e. The summed E-state index contributed by atoms with van der Waals surface area (Å²) in [5.74, 6) is -0.302. The normalized spacial score (nSPS) is 10.1. The number of benzene rings is 2. The Bertz CT molecular complexity index is 599. The monoisotopic (exact) mass is 262 g/mol. The fourth-order valence-corrected chi connectivity index (χ4v) is 1.72. The summed E-state index contributed by atoms with van der Waals surface area (Å²) in [7, 11) is 0. The Morgan fingerprint density at radius 3 is 2.67 bits per heavy atom. The molecule has 2 aromatic carbocycles. The molecular weight excluding hydrogens is 252 g/mol. The first-order valence-corrected chi connectivity index (χ1v) is 5.60. The number of nitrogen functional groups attached to an aromatic ring is 1. The third-order valence-electron chi connectivity index (χ3n) is 2.38. The van der Waals surface area contributed by atoms with Crippen molar-refractivity contribution in [2.45, 2.75) is 0 Å². The van der Waals surface area contributed by atoms with Crippen molar-refractivity contribution < 1.29 is 9.90 Å². The molecule has 0 saturated carbocycles. The molecule has 0 atom stereocenters. The molecule has 0 fully saturated rings. The van der Waals surface area contributed by atoms with E-state index in [4.69, 9.17) is 17.3 Å². The highest BCUT2D eigenvalue weighted by molar-refractivity contribution is 6.36. The number of aromatic hydroxyl groups is 1. The van der Waals surface area contributed by atoms with E-state index in [9.17, 15) is 9.90 Å². The summed E-state index contributed by atoms with van der Waals surface area (Å²) in [5.41, 5.74) is 6.75. The Labute approximate surface area is 109 Å². The van der Waals surface area contributed by atoms with E-state index in [1.165, 1.54) is 12.1 Å². The molecule has 0 spiro atoms. The highest BCUT2D eigenvalue weighted by atomic mass is 35.5. The molecule has 0 aliphatic rings. The van der Waals surface area contributed by atoms with Crippen LogP contribution in [0.2, 0.25) is 5.02 Å². The molecule has 0 unspecified atom stereocenters. The number of carbonyl (C=O) groups is 1. The molecule has 0 aliphatic carbocycles. The zero-order valence-electron chi connectivity index (χ0n) is 9.35. The van der Waals surface area contributed by atoms with Gasteiger partial charge in [0.05, 0.1) is 16.3 Å². The van der Waals surface area contributed by atoms with Crippen LogP contribution in [0.4, 0.5) is 11.4 Å².